The first-order valence-electron chi connectivity index (χ1n) is 14.7. The van der Waals surface area contributed by atoms with Gasteiger partial charge in [0.25, 0.3) is 0 Å². The average molecular weight is 627 g/mol. The molecular weight excluding hydrogens is 592 g/mol. The fraction of sp³-hybridized carbons (Fsp3) is 0.257. The summed E-state index contributed by atoms with van der Waals surface area (Å²) in [6.07, 6.45) is -0.145. The van der Waals surface area contributed by atoms with Crippen molar-refractivity contribution in [2.45, 2.75) is 38.5 Å². The van der Waals surface area contributed by atoms with Crippen LogP contribution in [0.15, 0.2) is 103 Å². The van der Waals surface area contributed by atoms with E-state index in [1.54, 1.807) is 6.07 Å². The quantitative estimate of drug-likeness (QED) is 0.140. The molecule has 1 aromatic heterocycles. The van der Waals surface area contributed by atoms with Crippen LogP contribution in [0.3, 0.4) is 0 Å². The van der Waals surface area contributed by atoms with Crippen molar-refractivity contribution < 1.29 is 33.4 Å². The third-order valence-electron chi connectivity index (χ3n) is 7.38. The lowest BCUT2D eigenvalue weighted by Crippen LogP contribution is -2.46. The van der Waals surface area contributed by atoms with Crippen LogP contribution < -0.4 is 5.32 Å². The standard InChI is InChI=1S/C35H34N2O7S/c38-32(37-29(24-44-35(37)41)20-25-10-4-1-5-11-25)28(21-36-34(40)43-23-27-14-8-3-9-15-27)16-17-30-18-19-31(45-30)33(39)42-22-26-12-6-2-7-13-26/h1-15,18-19,28-29H,16-17,20-24H2,(H,36,40)/t28-,29+/m0/s1. The monoisotopic (exact) mass is 626 g/mol. The summed E-state index contributed by atoms with van der Waals surface area (Å²) in [5.41, 5.74) is 2.70. The van der Waals surface area contributed by atoms with Crippen molar-refractivity contribution in [2.24, 2.45) is 5.92 Å². The number of thiophene rings is 1. The number of imide groups is 1. The maximum atomic E-state index is 13.9. The van der Waals surface area contributed by atoms with E-state index in [1.165, 1.54) is 16.2 Å². The molecule has 1 N–H and O–H groups in total. The molecule has 9 nitrogen and oxygen atoms in total. The van der Waals surface area contributed by atoms with Crippen LogP contribution in [0, 0.1) is 5.92 Å². The molecule has 1 aliphatic heterocycles. The van der Waals surface area contributed by atoms with Crippen molar-refractivity contribution in [1.82, 2.24) is 10.2 Å². The van der Waals surface area contributed by atoms with Gasteiger partial charge in [0.2, 0.25) is 5.91 Å². The van der Waals surface area contributed by atoms with Gasteiger partial charge in [0.05, 0.1) is 12.0 Å². The van der Waals surface area contributed by atoms with Gasteiger partial charge < -0.3 is 19.5 Å². The van der Waals surface area contributed by atoms with Crippen LogP contribution in [0.25, 0.3) is 0 Å². The summed E-state index contributed by atoms with van der Waals surface area (Å²) in [5, 5.41) is 2.70. The molecule has 0 aliphatic carbocycles. The number of aryl methyl sites for hydroxylation is 1. The Bertz CT molecular complexity index is 1580. The van der Waals surface area contributed by atoms with Gasteiger partial charge in [-0.1, -0.05) is 91.0 Å². The molecule has 45 heavy (non-hydrogen) atoms. The van der Waals surface area contributed by atoms with Crippen LogP contribution in [-0.2, 0) is 45.1 Å². The number of ether oxygens (including phenoxy) is 3. The summed E-state index contributed by atoms with van der Waals surface area (Å²) < 4.78 is 16.1. The van der Waals surface area contributed by atoms with Crippen molar-refractivity contribution in [1.29, 1.82) is 0 Å². The minimum Gasteiger partial charge on any atom is -0.457 e. The first-order chi connectivity index (χ1) is 22.0. The van der Waals surface area contributed by atoms with E-state index >= 15 is 0 Å². The van der Waals surface area contributed by atoms with Crippen LogP contribution in [0.2, 0.25) is 0 Å². The zero-order chi connectivity index (χ0) is 31.4. The topological polar surface area (TPSA) is 111 Å². The highest BCUT2D eigenvalue weighted by Crippen LogP contribution is 2.25. The highest BCUT2D eigenvalue weighted by atomic mass is 32.1. The van der Waals surface area contributed by atoms with Crippen molar-refractivity contribution in [2.75, 3.05) is 13.2 Å². The van der Waals surface area contributed by atoms with Gasteiger partial charge in [0.1, 0.15) is 24.7 Å². The summed E-state index contributed by atoms with van der Waals surface area (Å²) >= 11 is 1.29. The van der Waals surface area contributed by atoms with Gasteiger partial charge >= 0.3 is 18.2 Å². The molecule has 1 aliphatic rings. The first kappa shape index (κ1) is 31.5. The van der Waals surface area contributed by atoms with E-state index in [4.69, 9.17) is 14.2 Å². The summed E-state index contributed by atoms with van der Waals surface area (Å²) in [6, 6.07) is 31.4. The van der Waals surface area contributed by atoms with Crippen LogP contribution in [0.4, 0.5) is 9.59 Å². The highest BCUT2D eigenvalue weighted by Gasteiger charge is 2.40. The van der Waals surface area contributed by atoms with Gasteiger partial charge in [0, 0.05) is 11.4 Å². The third-order valence-corrected chi connectivity index (χ3v) is 8.51. The van der Waals surface area contributed by atoms with Crippen LogP contribution >= 0.6 is 11.3 Å². The normalized spacial score (nSPS) is 14.8. The number of rotatable bonds is 13. The number of alkyl carbamates (subject to hydrolysis) is 1. The van der Waals surface area contributed by atoms with Gasteiger partial charge in [-0.25, -0.2) is 19.3 Å². The molecule has 3 amide bonds. The lowest BCUT2D eigenvalue weighted by Gasteiger charge is -2.25. The minimum absolute atomic E-state index is 0.0361. The molecule has 232 valence electrons. The Morgan fingerprint density at radius 3 is 2.07 bits per heavy atom. The van der Waals surface area contributed by atoms with Crippen LogP contribution in [0.1, 0.15) is 37.7 Å². The summed E-state index contributed by atoms with van der Waals surface area (Å²) in [5.74, 6) is -1.59. The molecule has 3 aromatic carbocycles. The van der Waals surface area contributed by atoms with Gasteiger partial charge in [-0.15, -0.1) is 11.3 Å². The number of carbonyl (C=O) groups is 4. The number of amides is 3. The van der Waals surface area contributed by atoms with Crippen molar-refractivity contribution in [3.63, 3.8) is 0 Å². The number of carbonyl (C=O) groups excluding carboxylic acids is 4. The Morgan fingerprint density at radius 2 is 1.42 bits per heavy atom. The number of nitrogens with zero attached hydrogens (tertiary/aromatic N) is 1. The van der Waals surface area contributed by atoms with E-state index in [-0.39, 0.29) is 26.4 Å². The van der Waals surface area contributed by atoms with Gasteiger partial charge in [-0.05, 0) is 48.1 Å². The Labute approximate surface area is 265 Å². The zero-order valence-corrected chi connectivity index (χ0v) is 25.4. The average Bonchev–Trinajstić information content (AvgIpc) is 3.70. The Hall–Kier alpha value is -4.96. The molecule has 1 fully saturated rings. The first-order valence-corrected chi connectivity index (χ1v) is 15.6. The van der Waals surface area contributed by atoms with E-state index in [0.29, 0.717) is 24.1 Å². The second-order valence-electron chi connectivity index (χ2n) is 10.6. The van der Waals surface area contributed by atoms with Crippen LogP contribution in [0.5, 0.6) is 0 Å². The smallest absolute Gasteiger partial charge is 0.416 e. The molecule has 10 heteroatoms. The molecule has 2 atom stereocenters. The molecule has 0 spiro atoms. The predicted octanol–water partition coefficient (Wildman–Crippen LogP) is 6.17. The van der Waals surface area contributed by atoms with E-state index < -0.39 is 36.0 Å². The number of esters is 1. The number of nitrogens with one attached hydrogen (secondary N) is 1. The fourth-order valence-electron chi connectivity index (χ4n) is 4.99. The molecule has 5 rings (SSSR count). The Kier molecular flexibility index (Phi) is 11.0. The van der Waals surface area contributed by atoms with Crippen molar-refractivity contribution in [3.05, 3.63) is 130 Å². The number of hydrogen-bond acceptors (Lipinski definition) is 8. The number of hydrogen-bond donors (Lipinski definition) is 1. The van der Waals surface area contributed by atoms with Gasteiger partial charge in [-0.2, -0.15) is 0 Å². The molecule has 4 aromatic rings. The van der Waals surface area contributed by atoms with Crippen molar-refractivity contribution >= 4 is 35.4 Å². The molecule has 0 saturated carbocycles. The SMILES string of the molecule is O=C(NC[C@H](CCc1ccc(C(=O)OCc2ccccc2)s1)C(=O)N1C(=O)OC[C@H]1Cc1ccccc1)OCc1ccccc1. The minimum atomic E-state index is -0.742. The number of cyclic esters (lactones) is 1. The number of benzene rings is 3. The van der Waals surface area contributed by atoms with Gasteiger partial charge in [0.15, 0.2) is 0 Å². The third kappa shape index (κ3) is 9.02. The van der Waals surface area contributed by atoms with E-state index in [0.717, 1.165) is 21.6 Å². The fourth-order valence-corrected chi connectivity index (χ4v) is 5.91. The second kappa shape index (κ2) is 15.7. The summed E-state index contributed by atoms with van der Waals surface area (Å²) in [4.78, 5) is 54.3. The molecule has 2 heterocycles. The molecular formula is C35H34N2O7S. The maximum absolute atomic E-state index is 13.9. The lowest BCUT2D eigenvalue weighted by molar-refractivity contribution is -0.133. The largest absolute Gasteiger partial charge is 0.457 e. The van der Waals surface area contributed by atoms with E-state index in [1.807, 2.05) is 97.1 Å². The maximum Gasteiger partial charge on any atom is 0.416 e. The molecule has 1 saturated heterocycles. The molecule has 0 unspecified atom stereocenters. The predicted molar refractivity (Wildman–Crippen MR) is 168 cm³/mol. The summed E-state index contributed by atoms with van der Waals surface area (Å²) in [6.45, 7) is 0.316. The molecule has 0 bridgehead atoms. The van der Waals surface area contributed by atoms with Crippen LogP contribution in [-0.4, -0.2) is 48.2 Å². The van der Waals surface area contributed by atoms with Gasteiger partial charge in [-0.3, -0.25) is 4.79 Å². The molecule has 0 radical (unpaired) electrons. The highest BCUT2D eigenvalue weighted by molar-refractivity contribution is 7.13. The Balaban J connectivity index is 1.23. The van der Waals surface area contributed by atoms with E-state index in [2.05, 4.69) is 5.32 Å². The lowest BCUT2D eigenvalue weighted by atomic mass is 9.98. The van der Waals surface area contributed by atoms with Crippen molar-refractivity contribution in [3.8, 4) is 0 Å². The van der Waals surface area contributed by atoms with E-state index in [9.17, 15) is 19.2 Å². The Morgan fingerprint density at radius 1 is 0.822 bits per heavy atom. The second-order valence-corrected chi connectivity index (χ2v) is 11.8. The summed E-state index contributed by atoms with van der Waals surface area (Å²) in [7, 11) is 0. The zero-order valence-electron chi connectivity index (χ0n) is 24.6.